The fraction of sp³-hybridized carbons (Fsp3) is 0.474. The van der Waals surface area contributed by atoms with E-state index in [0.717, 1.165) is 34.5 Å². The molecule has 1 aliphatic heterocycles. The number of aromatic amines is 1. The molecule has 2 unspecified atom stereocenters. The average Bonchev–Trinajstić information content (AvgIpc) is 3.29. The lowest BCUT2D eigenvalue weighted by atomic mass is 9.84. The largest absolute Gasteiger partial charge is 0.369 e. The highest BCUT2D eigenvalue weighted by Gasteiger charge is 2.32. The lowest BCUT2D eigenvalue weighted by molar-refractivity contribution is -0.00268. The van der Waals surface area contributed by atoms with Gasteiger partial charge < -0.3 is 10.1 Å². The predicted molar refractivity (Wildman–Crippen MR) is 101 cm³/mol. The molecule has 8 nitrogen and oxygen atoms in total. The maximum Gasteiger partial charge on any atom is 0.139 e. The Hall–Kier alpha value is -2.76. The molecule has 8 heteroatoms. The Morgan fingerprint density at radius 1 is 1.41 bits per heavy atom. The molecule has 1 saturated heterocycles. The highest BCUT2D eigenvalue weighted by Crippen LogP contribution is 2.36. The van der Waals surface area contributed by atoms with Gasteiger partial charge in [0.1, 0.15) is 23.0 Å². The van der Waals surface area contributed by atoms with Crippen molar-refractivity contribution in [1.82, 2.24) is 30.3 Å². The second-order valence-corrected chi connectivity index (χ2v) is 7.49. The molecule has 2 N–H and O–H groups in total. The minimum Gasteiger partial charge on any atom is -0.369 e. The number of pyridine rings is 1. The van der Waals surface area contributed by atoms with E-state index in [1.807, 2.05) is 33.0 Å². The Bertz CT molecular complexity index is 1010. The van der Waals surface area contributed by atoms with Gasteiger partial charge in [-0.25, -0.2) is 4.98 Å². The van der Waals surface area contributed by atoms with E-state index in [1.165, 1.54) is 0 Å². The van der Waals surface area contributed by atoms with Crippen molar-refractivity contribution in [2.24, 2.45) is 7.05 Å². The van der Waals surface area contributed by atoms with Crippen molar-refractivity contribution in [2.75, 3.05) is 13.2 Å². The number of nitriles is 1. The molecule has 4 rings (SSSR count). The molecule has 0 spiro atoms. The van der Waals surface area contributed by atoms with Crippen molar-refractivity contribution in [3.05, 3.63) is 29.6 Å². The molecule has 4 heterocycles. The third-order valence-electron chi connectivity index (χ3n) is 5.12. The molecule has 0 saturated carbocycles. The molecular formula is C19H23N7O. The fourth-order valence-electron chi connectivity index (χ4n) is 3.61. The lowest BCUT2D eigenvalue weighted by Gasteiger charge is -2.30. The Morgan fingerprint density at radius 3 is 2.89 bits per heavy atom. The summed E-state index contributed by atoms with van der Waals surface area (Å²) in [4.78, 5) is 4.92. The molecule has 27 heavy (non-hydrogen) atoms. The normalized spacial score (nSPS) is 20.7. The van der Waals surface area contributed by atoms with Gasteiger partial charge in [0.15, 0.2) is 0 Å². The van der Waals surface area contributed by atoms with Crippen molar-refractivity contribution in [3.8, 4) is 17.5 Å². The number of rotatable bonds is 3. The van der Waals surface area contributed by atoms with Crippen LogP contribution in [0.25, 0.3) is 22.4 Å². The number of aryl methyl sites for hydroxylation is 1. The third-order valence-corrected chi connectivity index (χ3v) is 5.12. The van der Waals surface area contributed by atoms with Crippen LogP contribution in [0, 0.1) is 11.3 Å². The van der Waals surface area contributed by atoms with Gasteiger partial charge in [-0.2, -0.15) is 15.5 Å². The predicted octanol–water partition coefficient (Wildman–Crippen LogP) is 2.21. The lowest BCUT2D eigenvalue weighted by Crippen LogP contribution is -2.41. The SMILES string of the molecule is CC1NCCOC1c1cc(C(C)(C)C#N)c2c(n1)c(-c1cc[nH]n1)nn2C. The number of fused-ring (bicyclic) bond motifs is 1. The molecule has 140 valence electrons. The minimum atomic E-state index is -0.697. The highest BCUT2D eigenvalue weighted by molar-refractivity contribution is 5.92. The van der Waals surface area contributed by atoms with Crippen molar-refractivity contribution in [1.29, 1.82) is 5.26 Å². The Kier molecular flexibility index (Phi) is 4.21. The quantitative estimate of drug-likeness (QED) is 0.737. The van der Waals surface area contributed by atoms with Gasteiger partial charge in [-0.15, -0.1) is 0 Å². The first kappa shape index (κ1) is 17.6. The molecular weight excluding hydrogens is 342 g/mol. The summed E-state index contributed by atoms with van der Waals surface area (Å²) >= 11 is 0. The molecule has 1 aliphatic rings. The van der Waals surface area contributed by atoms with Crippen LogP contribution >= 0.6 is 0 Å². The van der Waals surface area contributed by atoms with Crippen LogP contribution in [0.4, 0.5) is 0 Å². The summed E-state index contributed by atoms with van der Waals surface area (Å²) in [5.74, 6) is 0. The Labute approximate surface area is 157 Å². The van der Waals surface area contributed by atoms with Gasteiger partial charge in [0.2, 0.25) is 0 Å². The zero-order valence-corrected chi connectivity index (χ0v) is 15.9. The molecule has 0 aromatic carbocycles. The first-order chi connectivity index (χ1) is 12.9. The van der Waals surface area contributed by atoms with Crippen LogP contribution in [0.2, 0.25) is 0 Å². The van der Waals surface area contributed by atoms with E-state index in [4.69, 9.17) is 9.72 Å². The van der Waals surface area contributed by atoms with Crippen LogP contribution in [-0.2, 0) is 17.2 Å². The maximum atomic E-state index is 9.78. The summed E-state index contributed by atoms with van der Waals surface area (Å²) in [6, 6.07) is 6.41. The van der Waals surface area contributed by atoms with Gasteiger partial charge in [0.05, 0.1) is 29.3 Å². The minimum absolute atomic E-state index is 0.132. The highest BCUT2D eigenvalue weighted by atomic mass is 16.5. The first-order valence-corrected chi connectivity index (χ1v) is 9.07. The van der Waals surface area contributed by atoms with Crippen LogP contribution in [0.1, 0.15) is 38.1 Å². The molecule has 0 amide bonds. The van der Waals surface area contributed by atoms with Crippen molar-refractivity contribution < 1.29 is 4.74 Å². The number of morpholine rings is 1. The number of nitrogens with zero attached hydrogens (tertiary/aromatic N) is 5. The second kappa shape index (κ2) is 6.44. The maximum absolute atomic E-state index is 9.78. The van der Waals surface area contributed by atoms with Crippen molar-refractivity contribution >= 4 is 11.0 Å². The third kappa shape index (κ3) is 2.89. The Balaban J connectivity index is 2.01. The van der Waals surface area contributed by atoms with Gasteiger partial charge >= 0.3 is 0 Å². The van der Waals surface area contributed by atoms with Crippen molar-refractivity contribution in [2.45, 2.75) is 38.3 Å². The van der Waals surface area contributed by atoms with Gasteiger partial charge in [-0.3, -0.25) is 9.78 Å². The summed E-state index contributed by atoms with van der Waals surface area (Å²) in [5.41, 5.74) is 4.01. The monoisotopic (exact) mass is 365 g/mol. The molecule has 1 fully saturated rings. The second-order valence-electron chi connectivity index (χ2n) is 7.49. The van der Waals surface area contributed by atoms with Crippen LogP contribution < -0.4 is 5.32 Å². The van der Waals surface area contributed by atoms with Crippen LogP contribution in [0.5, 0.6) is 0 Å². The topological polar surface area (TPSA) is 104 Å². The van der Waals surface area contributed by atoms with E-state index in [2.05, 4.69) is 33.6 Å². The summed E-state index contributed by atoms with van der Waals surface area (Å²) in [5, 5.41) is 25.0. The van der Waals surface area contributed by atoms with E-state index < -0.39 is 5.41 Å². The molecule has 0 bridgehead atoms. The average molecular weight is 365 g/mol. The van der Waals surface area contributed by atoms with E-state index >= 15 is 0 Å². The summed E-state index contributed by atoms with van der Waals surface area (Å²) < 4.78 is 7.79. The summed E-state index contributed by atoms with van der Waals surface area (Å²) in [7, 11) is 1.87. The van der Waals surface area contributed by atoms with Gasteiger partial charge in [-0.1, -0.05) is 0 Å². The number of hydrogen-bond donors (Lipinski definition) is 2. The van der Waals surface area contributed by atoms with Crippen LogP contribution in [0.3, 0.4) is 0 Å². The molecule has 3 aromatic rings. The molecule has 3 aromatic heterocycles. The van der Waals surface area contributed by atoms with Gasteiger partial charge in [0.25, 0.3) is 0 Å². The van der Waals surface area contributed by atoms with E-state index in [-0.39, 0.29) is 12.1 Å². The van der Waals surface area contributed by atoms with E-state index in [9.17, 15) is 5.26 Å². The fourth-order valence-corrected chi connectivity index (χ4v) is 3.61. The van der Waals surface area contributed by atoms with Crippen molar-refractivity contribution in [3.63, 3.8) is 0 Å². The molecule has 0 aliphatic carbocycles. The van der Waals surface area contributed by atoms with Crippen LogP contribution in [0.15, 0.2) is 18.3 Å². The number of ether oxygens (including phenoxy) is 1. The number of nitrogens with one attached hydrogen (secondary N) is 2. The molecule has 0 radical (unpaired) electrons. The van der Waals surface area contributed by atoms with Gasteiger partial charge in [0, 0.05) is 31.4 Å². The Morgan fingerprint density at radius 2 is 2.22 bits per heavy atom. The van der Waals surface area contributed by atoms with E-state index in [0.29, 0.717) is 12.3 Å². The van der Waals surface area contributed by atoms with E-state index in [1.54, 1.807) is 10.9 Å². The van der Waals surface area contributed by atoms with Crippen LogP contribution in [-0.4, -0.2) is 44.2 Å². The summed E-state index contributed by atoms with van der Waals surface area (Å²) in [6.07, 6.45) is 1.58. The molecule has 2 atom stereocenters. The smallest absolute Gasteiger partial charge is 0.139 e. The zero-order valence-electron chi connectivity index (χ0n) is 15.9. The standard InChI is InChI=1S/C19H23N7O/c1-11-18(27-8-7-21-11)14-9-12(19(2,3)10-20)17-16(23-14)15(25-26(17)4)13-5-6-22-24-13/h5-6,9,11,18,21H,7-8H2,1-4H3,(H,22,24). The van der Waals surface area contributed by atoms with Gasteiger partial charge in [-0.05, 0) is 32.9 Å². The zero-order chi connectivity index (χ0) is 19.2. The number of H-pyrrole nitrogens is 1. The first-order valence-electron chi connectivity index (χ1n) is 9.07. The number of hydrogen-bond acceptors (Lipinski definition) is 6. The summed E-state index contributed by atoms with van der Waals surface area (Å²) in [6.45, 7) is 7.36. The number of aromatic nitrogens is 5.